The summed E-state index contributed by atoms with van der Waals surface area (Å²) in [6.07, 6.45) is 3.06. The molecule has 1 amide bonds. The molecule has 1 saturated heterocycles. The van der Waals surface area contributed by atoms with Gasteiger partial charge < -0.3 is 10.2 Å². The molecule has 6 heteroatoms. The minimum absolute atomic E-state index is 0.106. The molecule has 1 aliphatic rings. The van der Waals surface area contributed by atoms with Gasteiger partial charge in [-0.25, -0.2) is 5.10 Å². The SMILES string of the molecule is CCCNC1CCN(C(=O)c2ccc(=O)[nH]n2)CC1. The number of likely N-dealkylation sites (tertiary alicyclic amines) is 1. The normalized spacial score (nSPS) is 16.6. The molecule has 0 saturated carbocycles. The first-order valence-electron chi connectivity index (χ1n) is 6.79. The summed E-state index contributed by atoms with van der Waals surface area (Å²) in [5.41, 5.74) is 0.0126. The van der Waals surface area contributed by atoms with Gasteiger partial charge in [-0.2, -0.15) is 5.10 Å². The number of rotatable bonds is 4. The summed E-state index contributed by atoms with van der Waals surface area (Å²) in [5.74, 6) is -0.106. The predicted octanol–water partition coefficient (Wildman–Crippen LogP) is 0.374. The van der Waals surface area contributed by atoms with E-state index in [2.05, 4.69) is 22.4 Å². The zero-order chi connectivity index (χ0) is 13.7. The van der Waals surface area contributed by atoms with Gasteiger partial charge in [-0.3, -0.25) is 9.59 Å². The van der Waals surface area contributed by atoms with Crippen molar-refractivity contribution in [2.45, 2.75) is 32.2 Å². The van der Waals surface area contributed by atoms with Crippen molar-refractivity contribution < 1.29 is 4.79 Å². The van der Waals surface area contributed by atoms with Crippen LogP contribution in [0.2, 0.25) is 0 Å². The Labute approximate surface area is 112 Å². The van der Waals surface area contributed by atoms with Crippen molar-refractivity contribution >= 4 is 5.91 Å². The highest BCUT2D eigenvalue weighted by Gasteiger charge is 2.23. The number of aromatic nitrogens is 2. The van der Waals surface area contributed by atoms with Crippen molar-refractivity contribution in [2.24, 2.45) is 0 Å². The van der Waals surface area contributed by atoms with Crippen LogP contribution in [0.25, 0.3) is 0 Å². The van der Waals surface area contributed by atoms with Gasteiger partial charge >= 0.3 is 0 Å². The van der Waals surface area contributed by atoms with E-state index in [1.54, 1.807) is 4.90 Å². The van der Waals surface area contributed by atoms with Crippen molar-refractivity contribution in [1.29, 1.82) is 0 Å². The molecule has 0 aliphatic carbocycles. The van der Waals surface area contributed by atoms with Gasteiger partial charge in [0.2, 0.25) is 0 Å². The van der Waals surface area contributed by atoms with Crippen LogP contribution in [0.1, 0.15) is 36.7 Å². The molecule has 104 valence electrons. The van der Waals surface area contributed by atoms with Crippen molar-refractivity contribution in [3.63, 3.8) is 0 Å². The molecule has 0 spiro atoms. The molecule has 0 radical (unpaired) electrons. The van der Waals surface area contributed by atoms with Crippen LogP contribution in [0, 0.1) is 0 Å². The Bertz CT molecular complexity index is 457. The van der Waals surface area contributed by atoms with Gasteiger partial charge in [0.25, 0.3) is 11.5 Å². The molecule has 0 bridgehead atoms. The number of nitrogens with one attached hydrogen (secondary N) is 2. The van der Waals surface area contributed by atoms with E-state index in [4.69, 9.17) is 0 Å². The maximum atomic E-state index is 12.2. The van der Waals surface area contributed by atoms with E-state index in [0.29, 0.717) is 11.7 Å². The maximum absolute atomic E-state index is 12.2. The van der Waals surface area contributed by atoms with Gasteiger partial charge in [-0.05, 0) is 31.9 Å². The Hall–Kier alpha value is -1.69. The Morgan fingerprint density at radius 1 is 1.47 bits per heavy atom. The summed E-state index contributed by atoms with van der Waals surface area (Å²) >= 11 is 0. The molecule has 6 nitrogen and oxygen atoms in total. The summed E-state index contributed by atoms with van der Waals surface area (Å²) in [6, 6.07) is 3.31. The van der Waals surface area contributed by atoms with E-state index in [1.165, 1.54) is 12.1 Å². The molecule has 1 aromatic heterocycles. The lowest BCUT2D eigenvalue weighted by Gasteiger charge is -2.32. The minimum atomic E-state index is -0.293. The van der Waals surface area contributed by atoms with Gasteiger partial charge in [0.05, 0.1) is 0 Å². The summed E-state index contributed by atoms with van der Waals surface area (Å²) in [5, 5.41) is 9.55. The molecular weight excluding hydrogens is 244 g/mol. The van der Waals surface area contributed by atoms with Gasteiger partial charge in [0, 0.05) is 25.2 Å². The van der Waals surface area contributed by atoms with E-state index in [9.17, 15) is 9.59 Å². The fourth-order valence-electron chi connectivity index (χ4n) is 2.26. The van der Waals surface area contributed by atoms with E-state index < -0.39 is 0 Å². The van der Waals surface area contributed by atoms with Crippen molar-refractivity contribution in [3.05, 3.63) is 28.2 Å². The largest absolute Gasteiger partial charge is 0.337 e. The predicted molar refractivity (Wildman–Crippen MR) is 72.1 cm³/mol. The van der Waals surface area contributed by atoms with Gasteiger partial charge in [0.1, 0.15) is 5.69 Å². The quantitative estimate of drug-likeness (QED) is 0.824. The molecule has 2 N–H and O–H groups in total. The molecule has 19 heavy (non-hydrogen) atoms. The molecule has 2 rings (SSSR count). The Kier molecular flexibility index (Phi) is 4.68. The molecule has 0 unspecified atom stereocenters. The van der Waals surface area contributed by atoms with Crippen LogP contribution in [0.15, 0.2) is 16.9 Å². The van der Waals surface area contributed by atoms with Crippen LogP contribution >= 0.6 is 0 Å². The average Bonchev–Trinajstić information content (AvgIpc) is 2.46. The standard InChI is InChI=1S/C13H20N4O2/c1-2-7-14-10-5-8-17(9-6-10)13(19)11-3-4-12(18)16-15-11/h3-4,10,14H,2,5-9H2,1H3,(H,16,18). The summed E-state index contributed by atoms with van der Waals surface area (Å²) in [7, 11) is 0. The summed E-state index contributed by atoms with van der Waals surface area (Å²) in [6.45, 7) is 4.65. The third-order valence-electron chi connectivity index (χ3n) is 3.36. The molecule has 0 aromatic carbocycles. The van der Waals surface area contributed by atoms with Crippen molar-refractivity contribution in [1.82, 2.24) is 20.4 Å². The lowest BCUT2D eigenvalue weighted by atomic mass is 10.0. The van der Waals surface area contributed by atoms with Crippen LogP contribution in [-0.4, -0.2) is 46.7 Å². The van der Waals surface area contributed by atoms with Crippen molar-refractivity contribution in [3.8, 4) is 0 Å². The fourth-order valence-corrected chi connectivity index (χ4v) is 2.26. The number of aromatic amines is 1. The monoisotopic (exact) mass is 264 g/mol. The van der Waals surface area contributed by atoms with E-state index >= 15 is 0 Å². The molecular formula is C13H20N4O2. The Morgan fingerprint density at radius 2 is 2.21 bits per heavy atom. The van der Waals surface area contributed by atoms with Crippen LogP contribution < -0.4 is 10.9 Å². The second-order valence-electron chi connectivity index (χ2n) is 4.83. The third kappa shape index (κ3) is 3.64. The topological polar surface area (TPSA) is 78.1 Å². The molecule has 0 atom stereocenters. The molecule has 1 aromatic rings. The van der Waals surface area contributed by atoms with E-state index in [0.717, 1.165) is 38.9 Å². The number of nitrogens with zero attached hydrogens (tertiary/aromatic N) is 2. The first-order valence-corrected chi connectivity index (χ1v) is 6.79. The number of amides is 1. The highest BCUT2D eigenvalue weighted by Crippen LogP contribution is 2.12. The minimum Gasteiger partial charge on any atom is -0.337 e. The number of carbonyl (C=O) groups excluding carboxylic acids is 1. The number of H-pyrrole nitrogens is 1. The van der Waals surface area contributed by atoms with Gasteiger partial charge in [-0.15, -0.1) is 0 Å². The lowest BCUT2D eigenvalue weighted by molar-refractivity contribution is 0.0698. The first-order chi connectivity index (χ1) is 9.20. The van der Waals surface area contributed by atoms with E-state index in [1.807, 2.05) is 0 Å². The summed E-state index contributed by atoms with van der Waals surface area (Å²) in [4.78, 5) is 24.9. The van der Waals surface area contributed by atoms with E-state index in [-0.39, 0.29) is 11.5 Å². The second kappa shape index (κ2) is 6.47. The number of hydrogen-bond acceptors (Lipinski definition) is 4. The number of piperidine rings is 1. The maximum Gasteiger partial charge on any atom is 0.274 e. The highest BCUT2D eigenvalue weighted by molar-refractivity contribution is 5.92. The number of hydrogen-bond donors (Lipinski definition) is 2. The van der Waals surface area contributed by atoms with Gasteiger partial charge in [-0.1, -0.05) is 6.92 Å². The third-order valence-corrected chi connectivity index (χ3v) is 3.36. The Morgan fingerprint density at radius 3 is 2.79 bits per heavy atom. The summed E-state index contributed by atoms with van der Waals surface area (Å²) < 4.78 is 0. The van der Waals surface area contributed by atoms with Crippen LogP contribution in [0.4, 0.5) is 0 Å². The Balaban J connectivity index is 1.88. The lowest BCUT2D eigenvalue weighted by Crippen LogP contribution is -2.45. The van der Waals surface area contributed by atoms with Crippen LogP contribution in [0.3, 0.4) is 0 Å². The van der Waals surface area contributed by atoms with Crippen LogP contribution in [-0.2, 0) is 0 Å². The average molecular weight is 264 g/mol. The molecule has 1 fully saturated rings. The fraction of sp³-hybridized carbons (Fsp3) is 0.615. The second-order valence-corrected chi connectivity index (χ2v) is 4.83. The highest BCUT2D eigenvalue weighted by atomic mass is 16.2. The van der Waals surface area contributed by atoms with Crippen LogP contribution in [0.5, 0.6) is 0 Å². The van der Waals surface area contributed by atoms with Crippen molar-refractivity contribution in [2.75, 3.05) is 19.6 Å². The first kappa shape index (κ1) is 13.7. The van der Waals surface area contributed by atoms with Gasteiger partial charge in [0.15, 0.2) is 0 Å². The number of carbonyl (C=O) groups is 1. The molecule has 2 heterocycles. The molecule has 1 aliphatic heterocycles. The zero-order valence-corrected chi connectivity index (χ0v) is 11.2. The zero-order valence-electron chi connectivity index (χ0n) is 11.2. The smallest absolute Gasteiger partial charge is 0.274 e.